The lowest BCUT2D eigenvalue weighted by Crippen LogP contribution is -2.61. The van der Waals surface area contributed by atoms with Crippen molar-refractivity contribution < 1.29 is 64.6 Å². The molecule has 10 atom stereocenters. The van der Waals surface area contributed by atoms with Gasteiger partial charge < -0.3 is 64.6 Å². The van der Waals surface area contributed by atoms with Crippen molar-refractivity contribution in [3.63, 3.8) is 0 Å². The van der Waals surface area contributed by atoms with Crippen LogP contribution in [0.4, 0.5) is 0 Å². The predicted octanol–water partition coefficient (Wildman–Crippen LogP) is -1.06. The molecule has 0 aliphatic carbocycles. The Bertz CT molecular complexity index is 1460. The average molecular weight is 579 g/mol. The molecule has 0 radical (unpaired) electrons. The molecule has 2 saturated heterocycles. The SMILES string of the molecule is C[C@@H]1O[C@@H](O[C@@H]2[C@@H](O)[C@H](O)[C@@H](CO)O[C@H]2c2c(O)cc3oc(-c4ccc(O)cc4)cc(=O)c3c2O)[C@H](O)[C@@H](O)[C@H]1O. The van der Waals surface area contributed by atoms with Crippen LogP contribution in [0.1, 0.15) is 18.6 Å². The van der Waals surface area contributed by atoms with Crippen molar-refractivity contribution in [2.75, 3.05) is 6.61 Å². The molecule has 14 heteroatoms. The monoisotopic (exact) mass is 578 g/mol. The molecular formula is C27H30O14. The number of phenolic OH excluding ortho intramolecular Hbond substituents is 3. The van der Waals surface area contributed by atoms with Crippen LogP contribution in [0.2, 0.25) is 0 Å². The summed E-state index contributed by atoms with van der Waals surface area (Å²) in [6, 6.07) is 7.85. The Labute approximate surface area is 231 Å². The number of aliphatic hydroxyl groups is 6. The summed E-state index contributed by atoms with van der Waals surface area (Å²) in [4.78, 5) is 13.1. The van der Waals surface area contributed by atoms with Gasteiger partial charge in [-0.15, -0.1) is 0 Å². The maximum absolute atomic E-state index is 13.1. The fraction of sp³-hybridized carbons (Fsp3) is 0.444. The van der Waals surface area contributed by atoms with Crippen molar-refractivity contribution in [3.8, 4) is 28.6 Å². The third-order valence-corrected chi connectivity index (χ3v) is 7.41. The molecule has 41 heavy (non-hydrogen) atoms. The van der Waals surface area contributed by atoms with Gasteiger partial charge in [-0.2, -0.15) is 0 Å². The summed E-state index contributed by atoms with van der Waals surface area (Å²) >= 11 is 0. The molecule has 0 spiro atoms. The standard InChI is InChI=1S/C27H30O14/c1-9-19(32)22(35)24(37)27(38-9)41-26-23(36)20(33)16(8-28)40-25(26)18-13(31)7-15-17(21(18)34)12(30)6-14(39-15)10-2-4-11(29)5-3-10/h2-7,9,16,19-20,22-29,31-37H,8H2,1H3/t9-,16+,19-,20+,22-,23-,24+,25-,26+,27-/m0/s1. The van der Waals surface area contributed by atoms with Crippen LogP contribution in [0.25, 0.3) is 22.3 Å². The van der Waals surface area contributed by atoms with Crippen molar-refractivity contribution >= 4 is 11.0 Å². The Morgan fingerprint density at radius 3 is 2.20 bits per heavy atom. The van der Waals surface area contributed by atoms with Gasteiger partial charge in [0.1, 0.15) is 82.8 Å². The molecule has 2 aliphatic heterocycles. The molecule has 5 rings (SSSR count). The number of phenols is 3. The van der Waals surface area contributed by atoms with Crippen molar-refractivity contribution in [1.82, 2.24) is 0 Å². The van der Waals surface area contributed by atoms with Gasteiger partial charge in [0.15, 0.2) is 11.7 Å². The second-order valence-electron chi connectivity index (χ2n) is 10.1. The van der Waals surface area contributed by atoms with Crippen molar-refractivity contribution in [2.24, 2.45) is 0 Å². The molecule has 1 aromatic heterocycles. The van der Waals surface area contributed by atoms with E-state index in [1.54, 1.807) is 0 Å². The van der Waals surface area contributed by atoms with Crippen molar-refractivity contribution in [3.05, 3.63) is 52.2 Å². The topological polar surface area (TPSA) is 240 Å². The van der Waals surface area contributed by atoms with Crippen LogP contribution in [0.5, 0.6) is 17.2 Å². The molecule has 2 aromatic carbocycles. The molecule has 0 bridgehead atoms. The zero-order valence-electron chi connectivity index (χ0n) is 21.5. The summed E-state index contributed by atoms with van der Waals surface area (Å²) in [5, 5.41) is 93.1. The van der Waals surface area contributed by atoms with E-state index in [1.807, 2.05) is 0 Å². The number of hydrogen-bond donors (Lipinski definition) is 9. The highest BCUT2D eigenvalue weighted by Crippen LogP contribution is 2.46. The Hall–Kier alpha value is -3.31. The quantitative estimate of drug-likeness (QED) is 0.175. The van der Waals surface area contributed by atoms with Crippen LogP contribution >= 0.6 is 0 Å². The highest BCUT2D eigenvalue weighted by Gasteiger charge is 2.51. The van der Waals surface area contributed by atoms with Crippen LogP contribution in [0.3, 0.4) is 0 Å². The minimum Gasteiger partial charge on any atom is -0.508 e. The maximum atomic E-state index is 13.1. The van der Waals surface area contributed by atoms with Gasteiger partial charge in [0.25, 0.3) is 0 Å². The number of benzene rings is 2. The number of fused-ring (bicyclic) bond motifs is 1. The summed E-state index contributed by atoms with van der Waals surface area (Å²) in [6.07, 6.45) is -16.1. The number of aliphatic hydroxyl groups excluding tert-OH is 6. The van der Waals surface area contributed by atoms with Gasteiger partial charge in [0.2, 0.25) is 0 Å². The Morgan fingerprint density at radius 2 is 1.54 bits per heavy atom. The van der Waals surface area contributed by atoms with E-state index in [4.69, 9.17) is 18.6 Å². The summed E-state index contributed by atoms with van der Waals surface area (Å²) in [5.41, 5.74) is -0.985. The molecule has 3 heterocycles. The van der Waals surface area contributed by atoms with Gasteiger partial charge in [0.05, 0.1) is 18.3 Å². The van der Waals surface area contributed by atoms with Crippen molar-refractivity contribution in [1.29, 1.82) is 0 Å². The van der Waals surface area contributed by atoms with E-state index in [0.717, 1.165) is 12.1 Å². The Kier molecular flexibility index (Phi) is 7.95. The van der Waals surface area contributed by atoms with E-state index in [-0.39, 0.29) is 22.5 Å². The van der Waals surface area contributed by atoms with E-state index in [2.05, 4.69) is 0 Å². The number of aromatic hydroxyl groups is 3. The number of ether oxygens (including phenoxy) is 3. The van der Waals surface area contributed by atoms with Gasteiger partial charge in [-0.05, 0) is 31.2 Å². The summed E-state index contributed by atoms with van der Waals surface area (Å²) < 4.78 is 22.6. The molecule has 0 saturated carbocycles. The molecule has 14 nitrogen and oxygen atoms in total. The molecule has 0 amide bonds. The number of rotatable bonds is 5. The van der Waals surface area contributed by atoms with Crippen LogP contribution in [-0.4, -0.2) is 108 Å². The van der Waals surface area contributed by atoms with E-state index >= 15 is 0 Å². The highest BCUT2D eigenvalue weighted by atomic mass is 16.7. The van der Waals surface area contributed by atoms with Gasteiger partial charge in [0, 0.05) is 17.7 Å². The minimum absolute atomic E-state index is 0.0131. The normalized spacial score (nSPS) is 34.1. The lowest BCUT2D eigenvalue weighted by atomic mass is 9.89. The Morgan fingerprint density at radius 1 is 0.854 bits per heavy atom. The lowest BCUT2D eigenvalue weighted by molar-refractivity contribution is -0.338. The third kappa shape index (κ3) is 5.14. The molecule has 222 valence electrons. The fourth-order valence-corrected chi connectivity index (χ4v) is 5.11. The van der Waals surface area contributed by atoms with Gasteiger partial charge in [-0.1, -0.05) is 0 Å². The molecule has 0 unspecified atom stereocenters. The molecule has 2 aliphatic rings. The van der Waals surface area contributed by atoms with E-state index < -0.39 is 90.3 Å². The molecule has 3 aromatic rings. The zero-order chi connectivity index (χ0) is 29.7. The zero-order valence-corrected chi connectivity index (χ0v) is 21.5. The predicted molar refractivity (Wildman–Crippen MR) is 137 cm³/mol. The third-order valence-electron chi connectivity index (χ3n) is 7.41. The Balaban J connectivity index is 1.59. The number of hydrogen-bond acceptors (Lipinski definition) is 14. The van der Waals surface area contributed by atoms with Crippen LogP contribution in [0.15, 0.2) is 45.6 Å². The second kappa shape index (κ2) is 11.2. The van der Waals surface area contributed by atoms with Gasteiger partial charge in [-0.25, -0.2) is 0 Å². The van der Waals surface area contributed by atoms with E-state index in [0.29, 0.717) is 5.56 Å². The largest absolute Gasteiger partial charge is 0.508 e. The first-order valence-corrected chi connectivity index (χ1v) is 12.7. The molecular weight excluding hydrogens is 548 g/mol. The molecule has 9 N–H and O–H groups in total. The summed E-state index contributed by atoms with van der Waals surface area (Å²) in [6.45, 7) is 0.601. The smallest absolute Gasteiger partial charge is 0.197 e. The lowest BCUT2D eigenvalue weighted by Gasteiger charge is -2.46. The van der Waals surface area contributed by atoms with E-state index in [1.165, 1.54) is 31.2 Å². The molecule has 2 fully saturated rings. The van der Waals surface area contributed by atoms with E-state index in [9.17, 15) is 50.8 Å². The summed E-state index contributed by atoms with van der Waals surface area (Å²) in [7, 11) is 0. The second-order valence-corrected chi connectivity index (χ2v) is 10.1. The minimum atomic E-state index is -1.86. The van der Waals surface area contributed by atoms with Crippen LogP contribution in [0, 0.1) is 0 Å². The average Bonchev–Trinajstić information content (AvgIpc) is 2.93. The first-order chi connectivity index (χ1) is 19.4. The van der Waals surface area contributed by atoms with Gasteiger partial charge in [-0.3, -0.25) is 4.79 Å². The van der Waals surface area contributed by atoms with Crippen LogP contribution < -0.4 is 5.43 Å². The maximum Gasteiger partial charge on any atom is 0.197 e. The summed E-state index contributed by atoms with van der Waals surface area (Å²) in [5.74, 6) is -1.42. The first-order valence-electron chi connectivity index (χ1n) is 12.7. The van der Waals surface area contributed by atoms with Crippen LogP contribution in [-0.2, 0) is 14.2 Å². The highest BCUT2D eigenvalue weighted by molar-refractivity contribution is 5.88. The van der Waals surface area contributed by atoms with Crippen molar-refractivity contribution in [2.45, 2.75) is 68.1 Å². The fourth-order valence-electron chi connectivity index (χ4n) is 5.11. The first kappa shape index (κ1) is 29.2. The van der Waals surface area contributed by atoms with Gasteiger partial charge >= 0.3 is 0 Å².